The number of likely N-dealkylation sites (N-methyl/N-ethyl adjacent to an activating group) is 1. The third kappa shape index (κ3) is 4.16. The monoisotopic (exact) mass is 322 g/mol. The third-order valence-corrected chi connectivity index (χ3v) is 3.53. The molecule has 0 aromatic carbocycles. The topological polar surface area (TPSA) is 84.9 Å². The summed E-state index contributed by atoms with van der Waals surface area (Å²) < 4.78 is 9.94. The summed E-state index contributed by atoms with van der Waals surface area (Å²) in [6.45, 7) is 7.10. The minimum absolute atomic E-state index is 0.0307. The van der Waals surface area contributed by atoms with Crippen LogP contribution in [0.25, 0.3) is 0 Å². The number of carbonyl (C=O) groups excluding carboxylic acids is 2. The van der Waals surface area contributed by atoms with Crippen molar-refractivity contribution in [2.45, 2.75) is 13.8 Å². The maximum absolute atomic E-state index is 12.1. The van der Waals surface area contributed by atoms with Crippen molar-refractivity contribution in [3.8, 4) is 0 Å². The fourth-order valence-corrected chi connectivity index (χ4v) is 2.24. The van der Waals surface area contributed by atoms with Crippen LogP contribution in [0.3, 0.4) is 0 Å². The van der Waals surface area contributed by atoms with Crippen LogP contribution in [0.1, 0.15) is 34.7 Å². The van der Waals surface area contributed by atoms with Gasteiger partial charge in [-0.05, 0) is 20.9 Å². The second kappa shape index (κ2) is 7.87. The highest BCUT2D eigenvalue weighted by molar-refractivity contribution is 6.01. The van der Waals surface area contributed by atoms with Crippen LogP contribution in [0.5, 0.6) is 0 Å². The molecule has 0 atom stereocenters. The molecule has 0 saturated carbocycles. The fraction of sp³-hybridized carbons (Fsp3) is 0.600. The van der Waals surface area contributed by atoms with Gasteiger partial charge in [0, 0.05) is 32.4 Å². The van der Waals surface area contributed by atoms with Gasteiger partial charge in [-0.25, -0.2) is 19.6 Å². The molecule has 0 unspecified atom stereocenters. The van der Waals surface area contributed by atoms with E-state index in [1.807, 2.05) is 11.9 Å². The fourth-order valence-electron chi connectivity index (χ4n) is 2.24. The van der Waals surface area contributed by atoms with Crippen molar-refractivity contribution in [3.05, 3.63) is 17.5 Å². The van der Waals surface area contributed by atoms with Gasteiger partial charge in [0.1, 0.15) is 5.56 Å². The summed E-state index contributed by atoms with van der Waals surface area (Å²) in [6, 6.07) is 0. The van der Waals surface area contributed by atoms with Crippen molar-refractivity contribution in [3.63, 3.8) is 0 Å². The lowest BCUT2D eigenvalue weighted by molar-refractivity contribution is 0.0472. The van der Waals surface area contributed by atoms with E-state index >= 15 is 0 Å². The van der Waals surface area contributed by atoms with E-state index in [0.29, 0.717) is 5.95 Å². The first kappa shape index (κ1) is 17.1. The molecular weight excluding hydrogens is 300 g/mol. The van der Waals surface area contributed by atoms with Crippen LogP contribution in [0, 0.1) is 0 Å². The van der Waals surface area contributed by atoms with Crippen molar-refractivity contribution < 1.29 is 19.1 Å². The number of rotatable bonds is 5. The Balaban J connectivity index is 2.30. The summed E-state index contributed by atoms with van der Waals surface area (Å²) >= 11 is 0. The van der Waals surface area contributed by atoms with Gasteiger partial charge in [0.05, 0.1) is 13.2 Å². The number of esters is 2. The van der Waals surface area contributed by atoms with Crippen molar-refractivity contribution in [1.82, 2.24) is 14.9 Å². The summed E-state index contributed by atoms with van der Waals surface area (Å²) in [7, 11) is 2.05. The predicted molar refractivity (Wildman–Crippen MR) is 83.7 cm³/mol. The maximum atomic E-state index is 12.1. The van der Waals surface area contributed by atoms with Crippen LogP contribution >= 0.6 is 0 Å². The molecule has 1 aliphatic heterocycles. The van der Waals surface area contributed by atoms with Crippen LogP contribution in [0.2, 0.25) is 0 Å². The highest BCUT2D eigenvalue weighted by atomic mass is 16.5. The Morgan fingerprint density at radius 1 is 1.09 bits per heavy atom. The second-order valence-electron chi connectivity index (χ2n) is 5.16. The number of nitrogens with zero attached hydrogens (tertiary/aromatic N) is 4. The summed E-state index contributed by atoms with van der Waals surface area (Å²) in [5, 5.41) is 0. The Morgan fingerprint density at radius 3 is 2.30 bits per heavy atom. The first-order valence-corrected chi connectivity index (χ1v) is 7.71. The molecule has 8 nitrogen and oxygen atoms in total. The molecule has 1 aliphatic rings. The average Bonchev–Trinajstić information content (AvgIpc) is 2.55. The normalized spacial score (nSPS) is 15.3. The molecule has 23 heavy (non-hydrogen) atoms. The molecule has 1 aromatic rings. The number of hydrogen-bond acceptors (Lipinski definition) is 8. The maximum Gasteiger partial charge on any atom is 0.358 e. The van der Waals surface area contributed by atoms with Gasteiger partial charge in [-0.2, -0.15) is 0 Å². The molecule has 0 amide bonds. The molecule has 1 aromatic heterocycles. The van der Waals surface area contributed by atoms with Gasteiger partial charge < -0.3 is 19.3 Å². The molecule has 0 aliphatic carbocycles. The van der Waals surface area contributed by atoms with Gasteiger partial charge in [-0.3, -0.25) is 0 Å². The van der Waals surface area contributed by atoms with Crippen LogP contribution in [-0.2, 0) is 9.47 Å². The predicted octanol–water partition coefficient (Wildman–Crippen LogP) is 0.582. The molecule has 8 heteroatoms. The lowest BCUT2D eigenvalue weighted by Gasteiger charge is -2.32. The number of hydrogen-bond donors (Lipinski definition) is 0. The summed E-state index contributed by atoms with van der Waals surface area (Å²) in [5.74, 6) is -0.844. The van der Waals surface area contributed by atoms with Crippen LogP contribution in [0.4, 0.5) is 5.95 Å². The zero-order valence-corrected chi connectivity index (χ0v) is 13.7. The Hall–Kier alpha value is -2.22. The molecule has 2 rings (SSSR count). The van der Waals surface area contributed by atoms with Crippen molar-refractivity contribution in [2.24, 2.45) is 0 Å². The van der Waals surface area contributed by atoms with E-state index in [9.17, 15) is 9.59 Å². The zero-order valence-electron chi connectivity index (χ0n) is 13.7. The van der Waals surface area contributed by atoms with E-state index in [0.717, 1.165) is 26.2 Å². The zero-order chi connectivity index (χ0) is 16.8. The van der Waals surface area contributed by atoms with E-state index in [4.69, 9.17) is 9.47 Å². The second-order valence-corrected chi connectivity index (χ2v) is 5.16. The molecule has 1 fully saturated rings. The van der Waals surface area contributed by atoms with Crippen molar-refractivity contribution >= 4 is 17.9 Å². The largest absolute Gasteiger partial charge is 0.462 e. The van der Waals surface area contributed by atoms with Crippen LogP contribution in [-0.4, -0.2) is 73.2 Å². The van der Waals surface area contributed by atoms with Crippen molar-refractivity contribution in [1.29, 1.82) is 0 Å². The standard InChI is InChI=1S/C15H22N4O4/c1-4-22-13(20)11-10-16-15(17-12(11)14(21)23-5-2)19-8-6-18(3)7-9-19/h10H,4-9H2,1-3H3. The molecule has 2 heterocycles. The van der Waals surface area contributed by atoms with Gasteiger partial charge in [-0.15, -0.1) is 0 Å². The van der Waals surface area contributed by atoms with Crippen LogP contribution < -0.4 is 4.90 Å². The molecule has 0 spiro atoms. The Labute approximate surface area is 135 Å². The third-order valence-electron chi connectivity index (χ3n) is 3.53. The number of carbonyl (C=O) groups is 2. The van der Waals surface area contributed by atoms with E-state index in [1.54, 1.807) is 13.8 Å². The average molecular weight is 322 g/mol. The molecule has 0 N–H and O–H groups in total. The van der Waals surface area contributed by atoms with Crippen LogP contribution in [0.15, 0.2) is 6.20 Å². The Kier molecular flexibility index (Phi) is 5.86. The van der Waals surface area contributed by atoms with Gasteiger partial charge >= 0.3 is 11.9 Å². The minimum atomic E-state index is -0.645. The van der Waals surface area contributed by atoms with Crippen molar-refractivity contribution in [2.75, 3.05) is 51.3 Å². The highest BCUT2D eigenvalue weighted by Gasteiger charge is 2.25. The lowest BCUT2D eigenvalue weighted by atomic mass is 10.2. The lowest BCUT2D eigenvalue weighted by Crippen LogP contribution is -2.45. The van der Waals surface area contributed by atoms with E-state index in [2.05, 4.69) is 14.9 Å². The summed E-state index contributed by atoms with van der Waals surface area (Å²) in [4.78, 5) is 36.8. The molecule has 1 saturated heterocycles. The van der Waals surface area contributed by atoms with E-state index in [1.165, 1.54) is 6.20 Å². The first-order valence-electron chi connectivity index (χ1n) is 7.71. The molecule has 0 bridgehead atoms. The number of anilines is 1. The van der Waals surface area contributed by atoms with Gasteiger partial charge in [0.2, 0.25) is 5.95 Å². The highest BCUT2D eigenvalue weighted by Crippen LogP contribution is 2.16. The number of ether oxygens (including phenoxy) is 2. The molecular formula is C15H22N4O4. The van der Waals surface area contributed by atoms with Gasteiger partial charge in [0.25, 0.3) is 0 Å². The smallest absolute Gasteiger partial charge is 0.358 e. The van der Waals surface area contributed by atoms with E-state index < -0.39 is 11.9 Å². The number of aromatic nitrogens is 2. The molecule has 0 radical (unpaired) electrons. The first-order chi connectivity index (χ1) is 11.1. The Morgan fingerprint density at radius 2 is 1.70 bits per heavy atom. The molecule has 126 valence electrons. The quantitative estimate of drug-likeness (QED) is 0.728. The summed E-state index contributed by atoms with van der Waals surface area (Å²) in [5.41, 5.74) is -0.0163. The summed E-state index contributed by atoms with van der Waals surface area (Å²) in [6.07, 6.45) is 1.34. The minimum Gasteiger partial charge on any atom is -0.462 e. The Bertz CT molecular complexity index is 571. The van der Waals surface area contributed by atoms with Gasteiger partial charge in [0.15, 0.2) is 5.69 Å². The van der Waals surface area contributed by atoms with E-state index in [-0.39, 0.29) is 24.5 Å². The SMILES string of the molecule is CCOC(=O)c1cnc(N2CCN(C)CC2)nc1C(=O)OCC. The van der Waals surface area contributed by atoms with Gasteiger partial charge in [-0.1, -0.05) is 0 Å². The number of piperazine rings is 1.